The zero-order valence-corrected chi connectivity index (χ0v) is 12.3. The molecule has 2 nitrogen and oxygen atoms in total. The summed E-state index contributed by atoms with van der Waals surface area (Å²) in [6.07, 6.45) is -4.44. The fourth-order valence-electron chi connectivity index (χ4n) is 2.40. The van der Waals surface area contributed by atoms with Crippen LogP contribution in [0, 0.1) is 0 Å². The Labute approximate surface area is 121 Å². The van der Waals surface area contributed by atoms with Gasteiger partial charge in [-0.1, -0.05) is 6.07 Å². The normalized spacial score (nSPS) is 19.2. The van der Waals surface area contributed by atoms with Gasteiger partial charge in [-0.05, 0) is 31.5 Å². The smallest absolute Gasteiger partial charge is 0.392 e. The van der Waals surface area contributed by atoms with Gasteiger partial charge in [-0.25, -0.2) is 0 Å². The lowest BCUT2D eigenvalue weighted by Gasteiger charge is -2.39. The van der Waals surface area contributed by atoms with Crippen molar-refractivity contribution in [3.63, 3.8) is 0 Å². The van der Waals surface area contributed by atoms with Gasteiger partial charge in [-0.15, -0.1) is 0 Å². The highest BCUT2D eigenvalue weighted by atomic mass is 32.2. The average molecular weight is 305 g/mol. The molecule has 0 aliphatic carbocycles. The Bertz CT molecular complexity index is 488. The fourth-order valence-corrected chi connectivity index (χ4v) is 3.51. The molecule has 112 valence electrons. The van der Waals surface area contributed by atoms with E-state index in [2.05, 4.69) is 13.8 Å². The molecule has 1 N–H and O–H groups in total. The first-order valence-corrected chi connectivity index (χ1v) is 7.41. The minimum Gasteiger partial charge on any atom is -0.392 e. The lowest BCUT2D eigenvalue weighted by molar-refractivity contribution is -0.138. The number of nitrogens with zero attached hydrogens (tertiary/aromatic N) is 1. The number of hydrogen-bond donors (Lipinski definition) is 1. The van der Waals surface area contributed by atoms with Crippen LogP contribution in [0.5, 0.6) is 0 Å². The number of hydrogen-bond acceptors (Lipinski definition) is 3. The summed E-state index contributed by atoms with van der Waals surface area (Å²) in [4.78, 5) is 1.98. The van der Waals surface area contributed by atoms with E-state index in [1.165, 1.54) is 6.07 Å². The van der Waals surface area contributed by atoms with Crippen molar-refractivity contribution in [1.82, 2.24) is 0 Å². The molecule has 1 aliphatic rings. The van der Waals surface area contributed by atoms with Crippen molar-refractivity contribution in [2.75, 3.05) is 23.7 Å². The highest BCUT2D eigenvalue weighted by Gasteiger charge is 2.34. The summed E-state index contributed by atoms with van der Waals surface area (Å²) < 4.78 is 39.0. The van der Waals surface area contributed by atoms with E-state index in [0.717, 1.165) is 18.4 Å². The molecule has 1 aromatic rings. The van der Waals surface area contributed by atoms with Gasteiger partial charge in [0.2, 0.25) is 0 Å². The van der Waals surface area contributed by atoms with Crippen LogP contribution in [0.2, 0.25) is 0 Å². The molecule has 0 radical (unpaired) electrons. The second kappa shape index (κ2) is 5.48. The number of rotatable bonds is 2. The van der Waals surface area contributed by atoms with Crippen LogP contribution in [-0.4, -0.2) is 28.7 Å². The SMILES string of the molecule is CC1(C)CN(c2ccc(CO)c(C(F)(F)F)c2)CCS1. The summed E-state index contributed by atoms with van der Waals surface area (Å²) in [5, 5.41) is 9.05. The Morgan fingerprint density at radius 2 is 2.05 bits per heavy atom. The number of aliphatic hydroxyl groups is 1. The Kier molecular flexibility index (Phi) is 4.25. The van der Waals surface area contributed by atoms with E-state index in [4.69, 9.17) is 5.11 Å². The zero-order valence-electron chi connectivity index (χ0n) is 11.5. The minimum absolute atomic E-state index is 0.0340. The highest BCUT2D eigenvalue weighted by Crippen LogP contribution is 2.37. The van der Waals surface area contributed by atoms with Crippen molar-refractivity contribution in [3.05, 3.63) is 29.3 Å². The van der Waals surface area contributed by atoms with Gasteiger partial charge in [0.25, 0.3) is 0 Å². The number of aliphatic hydroxyl groups excluding tert-OH is 1. The van der Waals surface area contributed by atoms with Crippen molar-refractivity contribution in [1.29, 1.82) is 0 Å². The molecule has 1 fully saturated rings. The molecule has 0 atom stereocenters. The van der Waals surface area contributed by atoms with Gasteiger partial charge in [0, 0.05) is 29.3 Å². The molecule has 6 heteroatoms. The zero-order chi connectivity index (χ0) is 15.0. The number of halogens is 3. The first kappa shape index (κ1) is 15.5. The maximum Gasteiger partial charge on any atom is 0.416 e. The van der Waals surface area contributed by atoms with Crippen LogP contribution in [0.15, 0.2) is 18.2 Å². The van der Waals surface area contributed by atoms with Gasteiger partial charge in [-0.3, -0.25) is 0 Å². The first-order chi connectivity index (χ1) is 9.23. The van der Waals surface area contributed by atoms with Crippen LogP contribution >= 0.6 is 11.8 Å². The van der Waals surface area contributed by atoms with Gasteiger partial charge in [-0.2, -0.15) is 24.9 Å². The van der Waals surface area contributed by atoms with Gasteiger partial charge in [0.15, 0.2) is 0 Å². The largest absolute Gasteiger partial charge is 0.416 e. The van der Waals surface area contributed by atoms with Crippen molar-refractivity contribution in [2.45, 2.75) is 31.4 Å². The third-order valence-corrected chi connectivity index (χ3v) is 4.66. The van der Waals surface area contributed by atoms with Crippen molar-refractivity contribution < 1.29 is 18.3 Å². The third kappa shape index (κ3) is 3.41. The number of thioether (sulfide) groups is 1. The average Bonchev–Trinajstić information content (AvgIpc) is 2.35. The minimum atomic E-state index is -4.44. The molecule has 20 heavy (non-hydrogen) atoms. The van der Waals surface area contributed by atoms with Crippen molar-refractivity contribution >= 4 is 17.4 Å². The Morgan fingerprint density at radius 1 is 1.35 bits per heavy atom. The lowest BCUT2D eigenvalue weighted by Crippen LogP contribution is -2.43. The molecule has 0 amide bonds. The van der Waals surface area contributed by atoms with Gasteiger partial charge in [0.05, 0.1) is 12.2 Å². The van der Waals surface area contributed by atoms with Crippen LogP contribution in [0.25, 0.3) is 0 Å². The van der Waals surface area contributed by atoms with Crippen molar-refractivity contribution in [3.8, 4) is 0 Å². The van der Waals surface area contributed by atoms with E-state index in [-0.39, 0.29) is 10.3 Å². The molecule has 1 heterocycles. The second-order valence-electron chi connectivity index (χ2n) is 5.53. The van der Waals surface area contributed by atoms with Crippen LogP contribution in [0.3, 0.4) is 0 Å². The van der Waals surface area contributed by atoms with Crippen LogP contribution in [0.4, 0.5) is 18.9 Å². The van der Waals surface area contributed by atoms with Gasteiger partial charge >= 0.3 is 6.18 Å². The molecular formula is C14H18F3NOS. The maximum absolute atomic E-state index is 13.0. The number of benzene rings is 1. The Morgan fingerprint density at radius 3 is 2.60 bits per heavy atom. The topological polar surface area (TPSA) is 23.5 Å². The predicted molar refractivity (Wildman–Crippen MR) is 76.1 cm³/mol. The standard InChI is InChI=1S/C14H18F3NOS/c1-13(2)9-18(5-6-20-13)11-4-3-10(8-19)12(7-11)14(15,16)17/h3-4,7,19H,5-6,8-9H2,1-2H3. The molecule has 0 aromatic heterocycles. The lowest BCUT2D eigenvalue weighted by atomic mass is 10.1. The summed E-state index contributed by atoms with van der Waals surface area (Å²) in [6.45, 7) is 5.04. The first-order valence-electron chi connectivity index (χ1n) is 6.43. The number of alkyl halides is 3. The van der Waals surface area contributed by atoms with E-state index in [0.29, 0.717) is 12.2 Å². The van der Waals surface area contributed by atoms with Crippen LogP contribution in [0.1, 0.15) is 25.0 Å². The van der Waals surface area contributed by atoms with E-state index in [1.807, 2.05) is 16.7 Å². The molecule has 0 spiro atoms. The van der Waals surface area contributed by atoms with E-state index >= 15 is 0 Å². The summed E-state index contributed by atoms with van der Waals surface area (Å²) in [7, 11) is 0. The molecule has 1 aromatic carbocycles. The summed E-state index contributed by atoms with van der Waals surface area (Å²) in [5.41, 5.74) is -0.247. The van der Waals surface area contributed by atoms with Crippen molar-refractivity contribution in [2.24, 2.45) is 0 Å². The molecule has 1 saturated heterocycles. The third-order valence-electron chi connectivity index (χ3n) is 3.36. The van der Waals surface area contributed by atoms with Crippen LogP contribution < -0.4 is 4.90 Å². The van der Waals surface area contributed by atoms with E-state index in [1.54, 1.807) is 6.07 Å². The monoisotopic (exact) mass is 305 g/mol. The van der Waals surface area contributed by atoms with E-state index < -0.39 is 18.3 Å². The molecule has 0 saturated carbocycles. The van der Waals surface area contributed by atoms with Crippen LogP contribution in [-0.2, 0) is 12.8 Å². The quantitative estimate of drug-likeness (QED) is 0.904. The predicted octanol–water partition coefficient (Wildman–Crippen LogP) is 3.53. The fraction of sp³-hybridized carbons (Fsp3) is 0.571. The molecule has 1 aliphatic heterocycles. The highest BCUT2D eigenvalue weighted by molar-refractivity contribution is 8.00. The Balaban J connectivity index is 2.34. The molecule has 2 rings (SSSR count). The Hall–Kier alpha value is -0.880. The van der Waals surface area contributed by atoms with E-state index in [9.17, 15) is 13.2 Å². The molecular weight excluding hydrogens is 287 g/mol. The number of anilines is 1. The molecule has 0 bridgehead atoms. The summed E-state index contributed by atoms with van der Waals surface area (Å²) >= 11 is 1.83. The van der Waals surface area contributed by atoms with Gasteiger partial charge in [0.1, 0.15) is 0 Å². The van der Waals surface area contributed by atoms with Gasteiger partial charge < -0.3 is 10.0 Å². The summed E-state index contributed by atoms with van der Waals surface area (Å²) in [5.74, 6) is 0.899. The second-order valence-corrected chi connectivity index (χ2v) is 7.33. The summed E-state index contributed by atoms with van der Waals surface area (Å²) in [6, 6.07) is 4.18. The molecule has 0 unspecified atom stereocenters. The maximum atomic E-state index is 13.0.